The molecule has 0 fully saturated rings. The van der Waals surface area contributed by atoms with Gasteiger partial charge in [-0.3, -0.25) is 4.79 Å². The minimum atomic E-state index is -0.667. The Morgan fingerprint density at radius 3 is 2.73 bits per heavy atom. The van der Waals surface area contributed by atoms with Crippen molar-refractivity contribution in [1.29, 1.82) is 0 Å². The molecule has 2 aromatic rings. The Labute approximate surface area is 133 Å². The highest BCUT2D eigenvalue weighted by Crippen LogP contribution is 2.20. The minimum Gasteiger partial charge on any atom is -0.381 e. The number of anilines is 2. The zero-order valence-corrected chi connectivity index (χ0v) is 13.1. The van der Waals surface area contributed by atoms with Crippen molar-refractivity contribution < 1.29 is 9.18 Å². The molecule has 0 saturated heterocycles. The molecule has 4 nitrogen and oxygen atoms in total. The van der Waals surface area contributed by atoms with Gasteiger partial charge in [0, 0.05) is 6.04 Å². The average Bonchev–Trinajstić information content (AvgIpc) is 2.49. The summed E-state index contributed by atoms with van der Waals surface area (Å²) >= 11 is 5.86. The van der Waals surface area contributed by atoms with Crippen LogP contribution in [-0.2, 0) is 0 Å². The van der Waals surface area contributed by atoms with Crippen molar-refractivity contribution in [3.05, 3.63) is 52.9 Å². The lowest BCUT2D eigenvalue weighted by Crippen LogP contribution is -2.16. The van der Waals surface area contributed by atoms with Crippen LogP contribution < -0.4 is 10.6 Å². The van der Waals surface area contributed by atoms with Crippen LogP contribution in [-0.4, -0.2) is 16.9 Å². The van der Waals surface area contributed by atoms with Crippen LogP contribution in [0.15, 0.2) is 36.5 Å². The number of nitrogens with one attached hydrogen (secondary N) is 2. The van der Waals surface area contributed by atoms with Gasteiger partial charge in [-0.15, -0.1) is 0 Å². The lowest BCUT2D eigenvalue weighted by Gasteiger charge is -2.13. The molecule has 0 aliphatic heterocycles. The summed E-state index contributed by atoms with van der Waals surface area (Å²) in [6.45, 7) is 4.15. The molecular formula is C16H17ClFN3O. The summed E-state index contributed by atoms with van der Waals surface area (Å²) in [7, 11) is 0. The van der Waals surface area contributed by atoms with Crippen LogP contribution >= 0.6 is 11.6 Å². The van der Waals surface area contributed by atoms with Crippen LogP contribution in [0.4, 0.5) is 15.9 Å². The van der Waals surface area contributed by atoms with Crippen LogP contribution in [0.1, 0.15) is 30.6 Å². The predicted molar refractivity (Wildman–Crippen MR) is 87.0 cm³/mol. The number of halogens is 2. The molecule has 1 unspecified atom stereocenters. The lowest BCUT2D eigenvalue weighted by molar-refractivity contribution is 0.102. The van der Waals surface area contributed by atoms with Gasteiger partial charge in [0.25, 0.3) is 5.91 Å². The van der Waals surface area contributed by atoms with E-state index in [9.17, 15) is 9.18 Å². The number of rotatable bonds is 5. The highest BCUT2D eigenvalue weighted by molar-refractivity contribution is 6.34. The van der Waals surface area contributed by atoms with Gasteiger partial charge < -0.3 is 10.6 Å². The zero-order valence-electron chi connectivity index (χ0n) is 12.4. The molecule has 1 amide bonds. The first-order valence-electron chi connectivity index (χ1n) is 6.99. The largest absolute Gasteiger partial charge is 0.381 e. The third kappa shape index (κ3) is 3.95. The van der Waals surface area contributed by atoms with Gasteiger partial charge in [-0.25, -0.2) is 9.37 Å². The van der Waals surface area contributed by atoms with Crippen LogP contribution in [0.25, 0.3) is 0 Å². The fourth-order valence-electron chi connectivity index (χ4n) is 1.83. The van der Waals surface area contributed by atoms with Gasteiger partial charge in [-0.1, -0.05) is 24.6 Å². The first-order valence-corrected chi connectivity index (χ1v) is 7.37. The van der Waals surface area contributed by atoms with Crippen molar-refractivity contribution in [2.45, 2.75) is 26.3 Å². The first kappa shape index (κ1) is 16.2. The molecule has 0 bridgehead atoms. The molecule has 1 aromatic heterocycles. The molecule has 1 heterocycles. The third-order valence-electron chi connectivity index (χ3n) is 3.22. The Kier molecular flexibility index (Phi) is 5.33. The number of hydrogen-bond donors (Lipinski definition) is 2. The molecule has 6 heteroatoms. The lowest BCUT2D eigenvalue weighted by atomic mass is 10.2. The van der Waals surface area contributed by atoms with Crippen LogP contribution in [0.3, 0.4) is 0 Å². The number of nitrogens with zero attached hydrogens (tertiary/aromatic N) is 1. The van der Waals surface area contributed by atoms with E-state index in [-0.39, 0.29) is 10.6 Å². The Morgan fingerprint density at radius 1 is 1.36 bits per heavy atom. The molecule has 1 atom stereocenters. The number of carbonyl (C=O) groups is 1. The maximum Gasteiger partial charge on any atom is 0.261 e. The fraction of sp³-hybridized carbons (Fsp3) is 0.250. The van der Waals surface area contributed by atoms with Crippen molar-refractivity contribution in [3.63, 3.8) is 0 Å². The molecule has 0 spiro atoms. The van der Waals surface area contributed by atoms with Gasteiger partial charge in [0.05, 0.1) is 22.5 Å². The van der Waals surface area contributed by atoms with Gasteiger partial charge in [0.15, 0.2) is 0 Å². The van der Waals surface area contributed by atoms with Crippen molar-refractivity contribution in [2.24, 2.45) is 0 Å². The number of amides is 1. The summed E-state index contributed by atoms with van der Waals surface area (Å²) in [6, 6.07) is 7.89. The SMILES string of the molecule is CCC(C)Nc1ccc(NC(=O)c2c(F)cccc2Cl)nc1. The standard InChI is InChI=1S/C16H17ClFN3O/c1-3-10(2)20-11-7-8-14(19-9-11)21-16(22)15-12(17)5-4-6-13(15)18/h4-10,20H,3H2,1-2H3,(H,19,21,22). The summed E-state index contributed by atoms with van der Waals surface area (Å²) in [4.78, 5) is 16.2. The Bertz CT molecular complexity index is 641. The van der Waals surface area contributed by atoms with Crippen molar-refractivity contribution in [3.8, 4) is 0 Å². The summed E-state index contributed by atoms with van der Waals surface area (Å²) in [5.41, 5.74) is 0.670. The van der Waals surface area contributed by atoms with Gasteiger partial charge in [0.2, 0.25) is 0 Å². The monoisotopic (exact) mass is 321 g/mol. The molecule has 0 saturated carbocycles. The number of carbonyl (C=O) groups excluding carboxylic acids is 1. The van der Waals surface area contributed by atoms with E-state index in [0.717, 1.165) is 12.1 Å². The highest BCUT2D eigenvalue weighted by Gasteiger charge is 2.16. The number of hydrogen-bond acceptors (Lipinski definition) is 3. The number of benzene rings is 1. The van der Waals surface area contributed by atoms with Crippen LogP contribution in [0, 0.1) is 5.82 Å². The maximum absolute atomic E-state index is 13.7. The molecule has 2 N–H and O–H groups in total. The van der Waals surface area contributed by atoms with E-state index >= 15 is 0 Å². The maximum atomic E-state index is 13.7. The summed E-state index contributed by atoms with van der Waals surface area (Å²) < 4.78 is 13.7. The van der Waals surface area contributed by atoms with Crippen LogP contribution in [0.5, 0.6) is 0 Å². The van der Waals surface area contributed by atoms with Gasteiger partial charge in [0.1, 0.15) is 11.6 Å². The van der Waals surface area contributed by atoms with E-state index in [1.165, 1.54) is 18.2 Å². The molecule has 116 valence electrons. The number of pyridine rings is 1. The van der Waals surface area contributed by atoms with E-state index in [1.807, 2.05) is 0 Å². The molecule has 1 aromatic carbocycles. The fourth-order valence-corrected chi connectivity index (χ4v) is 2.08. The third-order valence-corrected chi connectivity index (χ3v) is 3.54. The van der Waals surface area contributed by atoms with Crippen molar-refractivity contribution in [2.75, 3.05) is 10.6 Å². The van der Waals surface area contributed by atoms with Gasteiger partial charge in [-0.05, 0) is 37.6 Å². The summed E-state index contributed by atoms with van der Waals surface area (Å²) in [5, 5.41) is 5.86. The zero-order chi connectivity index (χ0) is 16.1. The molecule has 0 radical (unpaired) electrons. The second-order valence-corrected chi connectivity index (χ2v) is 5.34. The topological polar surface area (TPSA) is 54.0 Å². The normalized spacial score (nSPS) is 11.8. The minimum absolute atomic E-state index is 0.0626. The van der Waals surface area contributed by atoms with Gasteiger partial charge >= 0.3 is 0 Å². The Morgan fingerprint density at radius 2 is 2.14 bits per heavy atom. The van der Waals surface area contributed by atoms with E-state index in [0.29, 0.717) is 11.9 Å². The van der Waals surface area contributed by atoms with Crippen LogP contribution in [0.2, 0.25) is 5.02 Å². The van der Waals surface area contributed by atoms with E-state index in [4.69, 9.17) is 11.6 Å². The molecular weight excluding hydrogens is 305 g/mol. The first-order chi connectivity index (χ1) is 10.5. The molecule has 0 aliphatic carbocycles. The molecule has 22 heavy (non-hydrogen) atoms. The average molecular weight is 322 g/mol. The predicted octanol–water partition coefficient (Wildman–Crippen LogP) is 4.34. The number of aromatic nitrogens is 1. The smallest absolute Gasteiger partial charge is 0.261 e. The van der Waals surface area contributed by atoms with Crippen molar-refractivity contribution >= 4 is 29.0 Å². The Hall–Kier alpha value is -2.14. The summed E-state index contributed by atoms with van der Waals surface area (Å²) in [6.07, 6.45) is 2.61. The van der Waals surface area contributed by atoms with Crippen molar-refractivity contribution in [1.82, 2.24) is 4.98 Å². The van der Waals surface area contributed by atoms with E-state index in [2.05, 4.69) is 29.5 Å². The quantitative estimate of drug-likeness (QED) is 0.861. The Balaban J connectivity index is 2.09. The highest BCUT2D eigenvalue weighted by atomic mass is 35.5. The molecule has 2 rings (SSSR count). The van der Waals surface area contributed by atoms with Gasteiger partial charge in [-0.2, -0.15) is 0 Å². The molecule has 0 aliphatic rings. The second kappa shape index (κ2) is 7.22. The van der Waals surface area contributed by atoms with E-state index in [1.54, 1.807) is 18.3 Å². The summed E-state index contributed by atoms with van der Waals surface area (Å²) in [5.74, 6) is -0.961. The van der Waals surface area contributed by atoms with E-state index < -0.39 is 11.7 Å². The second-order valence-electron chi connectivity index (χ2n) is 4.94.